The van der Waals surface area contributed by atoms with Crippen LogP contribution in [0.1, 0.15) is 22.8 Å². The molecule has 3 rings (SSSR count). The van der Waals surface area contributed by atoms with Gasteiger partial charge in [-0.05, 0) is 36.8 Å². The largest absolute Gasteiger partial charge is 0.325 e. The quantitative estimate of drug-likeness (QED) is 0.456. The van der Waals surface area contributed by atoms with Gasteiger partial charge in [0, 0.05) is 28.5 Å². The molecule has 0 aliphatic heterocycles. The van der Waals surface area contributed by atoms with Gasteiger partial charge in [0.05, 0.1) is 0 Å². The first-order chi connectivity index (χ1) is 13.0. The highest BCUT2D eigenvalue weighted by atomic mass is 32.2. The normalized spacial score (nSPS) is 10.4. The Morgan fingerprint density at radius 2 is 1.93 bits per heavy atom. The van der Waals surface area contributed by atoms with Crippen molar-refractivity contribution in [1.29, 1.82) is 0 Å². The summed E-state index contributed by atoms with van der Waals surface area (Å²) >= 11 is 2.46. The lowest BCUT2D eigenvalue weighted by Crippen LogP contribution is -2.19. The number of carbonyl (C=O) groups excluding carboxylic acids is 2. The van der Waals surface area contributed by atoms with Gasteiger partial charge < -0.3 is 5.32 Å². The van der Waals surface area contributed by atoms with Crippen molar-refractivity contribution in [2.24, 2.45) is 0 Å². The average molecular weight is 402 g/mol. The zero-order valence-corrected chi connectivity index (χ0v) is 15.9. The van der Waals surface area contributed by atoms with Crippen molar-refractivity contribution in [3.63, 3.8) is 0 Å². The lowest BCUT2D eigenvalue weighted by Gasteiger charge is -2.06. The number of carbonyl (C=O) groups is 2. The molecule has 3 aromatic rings. The summed E-state index contributed by atoms with van der Waals surface area (Å²) in [6.07, 6.45) is 0. The zero-order chi connectivity index (χ0) is 19.2. The summed E-state index contributed by atoms with van der Waals surface area (Å²) in [5, 5.41) is 6.15. The Bertz CT molecular complexity index is 960. The molecule has 2 N–H and O–H groups in total. The molecule has 0 saturated heterocycles. The number of amides is 2. The molecule has 0 radical (unpaired) electrons. The summed E-state index contributed by atoms with van der Waals surface area (Å²) in [5.74, 6) is 0.244. The number of hydrogen-bond donors (Lipinski definition) is 2. The minimum Gasteiger partial charge on any atom is -0.308 e. The molecule has 1 heterocycles. The maximum absolute atomic E-state index is 12.9. The van der Waals surface area contributed by atoms with Crippen LogP contribution in [0.3, 0.4) is 0 Å². The molecule has 2 amide bonds. The van der Waals surface area contributed by atoms with Crippen molar-refractivity contribution >= 4 is 45.9 Å². The summed E-state index contributed by atoms with van der Waals surface area (Å²) in [5.41, 5.74) is 1.98. The van der Waals surface area contributed by atoms with Gasteiger partial charge in [-0.15, -0.1) is 0 Å². The van der Waals surface area contributed by atoms with E-state index >= 15 is 0 Å². The predicted molar refractivity (Wildman–Crippen MR) is 105 cm³/mol. The van der Waals surface area contributed by atoms with Gasteiger partial charge in [-0.1, -0.05) is 36.0 Å². The Morgan fingerprint density at radius 1 is 1.15 bits per heavy atom. The molecule has 0 atom stereocenters. The molecule has 27 heavy (non-hydrogen) atoms. The fraction of sp³-hybridized carbons (Fsp3) is 0.111. The first-order valence-electron chi connectivity index (χ1n) is 7.89. The average Bonchev–Trinajstić information content (AvgIpc) is 3.08. The SMILES string of the molecule is CC(=O)c1cccc(NC(=O)Nc2nc(SCc3ccc(F)cc3)ns2)c1. The number of benzene rings is 2. The van der Waals surface area contributed by atoms with Gasteiger partial charge in [0.25, 0.3) is 0 Å². The van der Waals surface area contributed by atoms with Gasteiger partial charge in [0.1, 0.15) is 5.82 Å². The van der Waals surface area contributed by atoms with Crippen molar-refractivity contribution < 1.29 is 14.0 Å². The van der Waals surface area contributed by atoms with Gasteiger partial charge in [-0.2, -0.15) is 9.36 Å². The summed E-state index contributed by atoms with van der Waals surface area (Å²) in [7, 11) is 0. The lowest BCUT2D eigenvalue weighted by molar-refractivity contribution is 0.101. The van der Waals surface area contributed by atoms with Crippen LogP contribution < -0.4 is 10.6 Å². The number of urea groups is 1. The second-order valence-corrected chi connectivity index (χ2v) is 7.21. The number of rotatable bonds is 6. The molecule has 6 nitrogen and oxygen atoms in total. The zero-order valence-electron chi connectivity index (χ0n) is 14.2. The van der Waals surface area contributed by atoms with Crippen LogP contribution in [-0.2, 0) is 5.75 Å². The first-order valence-corrected chi connectivity index (χ1v) is 9.65. The molecule has 138 valence electrons. The molecular weight excluding hydrogens is 387 g/mol. The monoisotopic (exact) mass is 402 g/mol. The number of aromatic nitrogens is 2. The van der Waals surface area contributed by atoms with E-state index in [1.165, 1.54) is 30.8 Å². The van der Waals surface area contributed by atoms with Gasteiger partial charge in [-0.25, -0.2) is 9.18 Å². The summed E-state index contributed by atoms with van der Waals surface area (Å²) in [6, 6.07) is 12.4. The summed E-state index contributed by atoms with van der Waals surface area (Å²) in [6.45, 7) is 1.46. The highest BCUT2D eigenvalue weighted by molar-refractivity contribution is 7.98. The van der Waals surface area contributed by atoms with Crippen molar-refractivity contribution in [3.8, 4) is 0 Å². The van der Waals surface area contributed by atoms with E-state index in [4.69, 9.17) is 0 Å². The minimum absolute atomic E-state index is 0.0778. The lowest BCUT2D eigenvalue weighted by atomic mass is 10.1. The van der Waals surface area contributed by atoms with Crippen LogP contribution in [0.4, 0.5) is 20.0 Å². The van der Waals surface area contributed by atoms with Crippen molar-refractivity contribution in [2.75, 3.05) is 10.6 Å². The van der Waals surface area contributed by atoms with E-state index in [1.54, 1.807) is 36.4 Å². The predicted octanol–water partition coefficient (Wildman–Crippen LogP) is 4.82. The van der Waals surface area contributed by atoms with Gasteiger partial charge in [0.15, 0.2) is 5.78 Å². The topological polar surface area (TPSA) is 84.0 Å². The maximum atomic E-state index is 12.9. The van der Waals surface area contributed by atoms with E-state index in [9.17, 15) is 14.0 Å². The van der Waals surface area contributed by atoms with Crippen molar-refractivity contribution in [3.05, 3.63) is 65.5 Å². The molecule has 9 heteroatoms. The molecule has 1 aromatic heterocycles. The van der Waals surface area contributed by atoms with Crippen LogP contribution in [0, 0.1) is 5.82 Å². The van der Waals surface area contributed by atoms with Gasteiger partial charge in [0.2, 0.25) is 10.3 Å². The molecule has 0 aliphatic carbocycles. The van der Waals surface area contributed by atoms with Crippen molar-refractivity contribution in [1.82, 2.24) is 9.36 Å². The molecule has 0 bridgehead atoms. The van der Waals surface area contributed by atoms with E-state index in [0.717, 1.165) is 17.1 Å². The standard InChI is InChI=1S/C18H15FN4O2S2/c1-11(24)13-3-2-4-15(9-13)20-16(25)21-17-22-18(23-27-17)26-10-12-5-7-14(19)8-6-12/h2-9H,10H2,1H3,(H2,20,21,22,23,25). The van der Waals surface area contributed by atoms with Crippen LogP contribution in [0.5, 0.6) is 0 Å². The number of Topliss-reactive ketones (excluding diaryl/α,β-unsaturated/α-hetero) is 1. The number of nitrogens with one attached hydrogen (secondary N) is 2. The van der Waals surface area contributed by atoms with Crippen LogP contribution in [0.25, 0.3) is 0 Å². The highest BCUT2D eigenvalue weighted by Gasteiger charge is 2.10. The molecule has 0 fully saturated rings. The molecule has 0 saturated carbocycles. The number of anilines is 2. The Morgan fingerprint density at radius 3 is 2.67 bits per heavy atom. The molecule has 0 spiro atoms. The molecular formula is C18H15FN4O2S2. The van der Waals surface area contributed by atoms with Gasteiger partial charge in [-0.3, -0.25) is 10.1 Å². The summed E-state index contributed by atoms with van der Waals surface area (Å²) in [4.78, 5) is 27.7. The Kier molecular flexibility index (Phi) is 6.15. The van der Waals surface area contributed by atoms with Crippen LogP contribution in [0.15, 0.2) is 53.7 Å². The van der Waals surface area contributed by atoms with Crippen LogP contribution >= 0.6 is 23.3 Å². The number of hydrogen-bond acceptors (Lipinski definition) is 6. The third-order valence-electron chi connectivity index (χ3n) is 3.44. The van der Waals surface area contributed by atoms with Crippen LogP contribution in [0.2, 0.25) is 0 Å². The Hall–Kier alpha value is -2.78. The van der Waals surface area contributed by atoms with E-state index < -0.39 is 6.03 Å². The highest BCUT2D eigenvalue weighted by Crippen LogP contribution is 2.24. The molecule has 2 aromatic carbocycles. The maximum Gasteiger partial charge on any atom is 0.325 e. The van der Waals surface area contributed by atoms with E-state index in [2.05, 4.69) is 20.0 Å². The van der Waals surface area contributed by atoms with Gasteiger partial charge >= 0.3 is 6.03 Å². The molecule has 0 aliphatic rings. The van der Waals surface area contributed by atoms with E-state index in [1.807, 2.05) is 0 Å². The molecule has 0 unspecified atom stereocenters. The first kappa shape index (κ1) is 19.0. The fourth-order valence-electron chi connectivity index (χ4n) is 2.12. The number of thioether (sulfide) groups is 1. The fourth-order valence-corrected chi connectivity index (χ4v) is 3.62. The smallest absolute Gasteiger partial charge is 0.308 e. The Balaban J connectivity index is 1.53. The number of nitrogens with zero attached hydrogens (tertiary/aromatic N) is 2. The van der Waals surface area contributed by atoms with E-state index in [-0.39, 0.29) is 11.6 Å². The van der Waals surface area contributed by atoms with E-state index in [0.29, 0.717) is 27.3 Å². The Labute approximate surface area is 163 Å². The third-order valence-corrected chi connectivity index (χ3v) is 5.10. The second-order valence-electron chi connectivity index (χ2n) is 5.51. The third kappa shape index (κ3) is 5.60. The second kappa shape index (κ2) is 8.74. The minimum atomic E-state index is -0.470. The van der Waals surface area contributed by atoms with Crippen molar-refractivity contribution in [2.45, 2.75) is 17.8 Å². The number of ketones is 1. The summed E-state index contributed by atoms with van der Waals surface area (Å²) < 4.78 is 17.1. The number of halogens is 1. The van der Waals surface area contributed by atoms with Crippen LogP contribution in [-0.4, -0.2) is 21.2 Å².